The summed E-state index contributed by atoms with van der Waals surface area (Å²) in [6, 6.07) is 8.91. The second-order valence-corrected chi connectivity index (χ2v) is 5.84. The van der Waals surface area contributed by atoms with Gasteiger partial charge in [0.15, 0.2) is 5.13 Å². The molecule has 0 fully saturated rings. The maximum atomic E-state index is 13.8. The van der Waals surface area contributed by atoms with Gasteiger partial charge in [-0.15, -0.1) is 11.3 Å². The topological polar surface area (TPSA) is 50.9 Å². The molecule has 0 saturated carbocycles. The maximum Gasteiger partial charge on any atom is 0.416 e. The Bertz CT molecular complexity index is 874. The summed E-state index contributed by atoms with van der Waals surface area (Å²) in [7, 11) is 0. The van der Waals surface area contributed by atoms with Crippen LogP contribution < -0.4 is 11.1 Å². The molecule has 2 aromatic carbocycles. The van der Waals surface area contributed by atoms with Crippen LogP contribution in [-0.2, 0) is 6.18 Å². The van der Waals surface area contributed by atoms with Gasteiger partial charge in [-0.05, 0) is 36.4 Å². The number of thiazole rings is 1. The number of aromatic nitrogens is 1. The summed E-state index contributed by atoms with van der Waals surface area (Å²) in [4.78, 5) is 4.20. The lowest BCUT2D eigenvalue weighted by molar-refractivity contribution is -0.137. The summed E-state index contributed by atoms with van der Waals surface area (Å²) >= 11 is 1.16. The summed E-state index contributed by atoms with van der Waals surface area (Å²) in [5.41, 5.74) is 6.12. The fourth-order valence-electron chi connectivity index (χ4n) is 2.09. The summed E-state index contributed by atoms with van der Waals surface area (Å²) in [6.45, 7) is 0. The molecule has 0 bridgehead atoms. The molecule has 0 saturated heterocycles. The minimum absolute atomic E-state index is 0.239. The molecule has 0 aliphatic carbocycles. The molecule has 0 aliphatic heterocycles. The zero-order chi connectivity index (χ0) is 17.3. The maximum absolute atomic E-state index is 13.8. The van der Waals surface area contributed by atoms with Crippen LogP contribution in [0.15, 0.2) is 47.8 Å². The van der Waals surface area contributed by atoms with Crippen LogP contribution in [-0.4, -0.2) is 4.98 Å². The van der Waals surface area contributed by atoms with E-state index < -0.39 is 17.6 Å². The molecule has 8 heteroatoms. The van der Waals surface area contributed by atoms with Crippen molar-refractivity contribution in [1.82, 2.24) is 4.98 Å². The molecule has 0 unspecified atom stereocenters. The standard InChI is InChI=1S/C16H11F4N3S/c17-13-5-4-10(21)7-12(13)14-8-24-15(23-14)22-11-3-1-2-9(6-11)16(18,19)20/h1-8H,21H2,(H,22,23). The van der Waals surface area contributed by atoms with Gasteiger partial charge in [0.2, 0.25) is 0 Å². The van der Waals surface area contributed by atoms with Gasteiger partial charge in [-0.1, -0.05) is 6.07 Å². The molecule has 0 spiro atoms. The summed E-state index contributed by atoms with van der Waals surface area (Å²) in [6.07, 6.45) is -4.42. The predicted octanol–water partition coefficient (Wildman–Crippen LogP) is 5.29. The van der Waals surface area contributed by atoms with Crippen molar-refractivity contribution in [2.24, 2.45) is 0 Å². The van der Waals surface area contributed by atoms with E-state index in [2.05, 4.69) is 10.3 Å². The van der Waals surface area contributed by atoms with Crippen LogP contribution in [0.2, 0.25) is 0 Å². The number of nitrogens with one attached hydrogen (secondary N) is 1. The molecule has 0 amide bonds. The number of hydrogen-bond donors (Lipinski definition) is 2. The average Bonchev–Trinajstić information content (AvgIpc) is 2.97. The van der Waals surface area contributed by atoms with E-state index in [1.807, 2.05) is 0 Å². The molecule has 3 N–H and O–H groups in total. The van der Waals surface area contributed by atoms with E-state index in [-0.39, 0.29) is 11.3 Å². The highest BCUT2D eigenvalue weighted by atomic mass is 32.1. The van der Waals surface area contributed by atoms with E-state index in [9.17, 15) is 17.6 Å². The van der Waals surface area contributed by atoms with Crippen LogP contribution in [0.4, 0.5) is 34.1 Å². The lowest BCUT2D eigenvalue weighted by atomic mass is 10.1. The predicted molar refractivity (Wildman–Crippen MR) is 86.6 cm³/mol. The quantitative estimate of drug-likeness (QED) is 0.497. The molecule has 0 atom stereocenters. The third kappa shape index (κ3) is 3.48. The smallest absolute Gasteiger partial charge is 0.399 e. The molecular formula is C16H11F4N3S. The summed E-state index contributed by atoms with van der Waals surface area (Å²) in [5, 5.41) is 4.75. The minimum atomic E-state index is -4.42. The van der Waals surface area contributed by atoms with Crippen LogP contribution in [0.25, 0.3) is 11.3 Å². The Labute approximate surface area is 138 Å². The number of alkyl halides is 3. The molecule has 3 nitrogen and oxygen atoms in total. The van der Waals surface area contributed by atoms with Crippen LogP contribution in [0.3, 0.4) is 0 Å². The van der Waals surface area contributed by atoms with Crippen molar-refractivity contribution in [1.29, 1.82) is 0 Å². The van der Waals surface area contributed by atoms with Crippen molar-refractivity contribution >= 4 is 27.8 Å². The van der Waals surface area contributed by atoms with Gasteiger partial charge in [0, 0.05) is 22.3 Å². The van der Waals surface area contributed by atoms with E-state index in [0.29, 0.717) is 16.5 Å². The number of nitrogens with two attached hydrogens (primary N) is 1. The van der Waals surface area contributed by atoms with E-state index in [1.54, 1.807) is 5.38 Å². The molecule has 24 heavy (non-hydrogen) atoms. The number of nitrogen functional groups attached to an aromatic ring is 1. The van der Waals surface area contributed by atoms with E-state index in [0.717, 1.165) is 23.5 Å². The lowest BCUT2D eigenvalue weighted by Gasteiger charge is -2.09. The molecule has 0 radical (unpaired) electrons. The van der Waals surface area contributed by atoms with Gasteiger partial charge in [0.05, 0.1) is 11.3 Å². The van der Waals surface area contributed by atoms with Gasteiger partial charge in [-0.25, -0.2) is 9.37 Å². The first-order valence-corrected chi connectivity index (χ1v) is 7.66. The molecule has 1 aromatic heterocycles. The number of anilines is 3. The second-order valence-electron chi connectivity index (χ2n) is 4.98. The SMILES string of the molecule is Nc1ccc(F)c(-c2csc(Nc3cccc(C(F)(F)F)c3)n2)c1. The molecule has 124 valence electrons. The van der Waals surface area contributed by atoms with Gasteiger partial charge < -0.3 is 11.1 Å². The van der Waals surface area contributed by atoms with Crippen molar-refractivity contribution in [2.75, 3.05) is 11.1 Å². The first-order chi connectivity index (χ1) is 11.3. The fraction of sp³-hybridized carbons (Fsp3) is 0.0625. The third-order valence-electron chi connectivity index (χ3n) is 3.21. The number of rotatable bonds is 3. The first kappa shape index (κ1) is 16.3. The zero-order valence-electron chi connectivity index (χ0n) is 12.1. The first-order valence-electron chi connectivity index (χ1n) is 6.78. The van der Waals surface area contributed by atoms with Crippen molar-refractivity contribution in [3.8, 4) is 11.3 Å². The fourth-order valence-corrected chi connectivity index (χ4v) is 2.82. The second kappa shape index (κ2) is 6.12. The van der Waals surface area contributed by atoms with E-state index in [4.69, 9.17) is 5.73 Å². The number of hydrogen-bond acceptors (Lipinski definition) is 4. The summed E-state index contributed by atoms with van der Waals surface area (Å²) in [5.74, 6) is -0.472. The van der Waals surface area contributed by atoms with Crippen LogP contribution >= 0.6 is 11.3 Å². The number of benzene rings is 2. The molecule has 0 aliphatic rings. The van der Waals surface area contributed by atoms with Gasteiger partial charge >= 0.3 is 6.18 Å². The van der Waals surface area contributed by atoms with Gasteiger partial charge in [0.1, 0.15) is 5.82 Å². The Morgan fingerprint density at radius 2 is 1.88 bits per heavy atom. The van der Waals surface area contributed by atoms with Gasteiger partial charge in [-0.3, -0.25) is 0 Å². The Hall–Kier alpha value is -2.61. The summed E-state index contributed by atoms with van der Waals surface area (Å²) < 4.78 is 52.0. The van der Waals surface area contributed by atoms with Crippen molar-refractivity contribution in [3.05, 3.63) is 59.2 Å². The van der Waals surface area contributed by atoms with Crippen LogP contribution in [0.1, 0.15) is 5.56 Å². The number of halogens is 4. The Morgan fingerprint density at radius 1 is 1.08 bits per heavy atom. The lowest BCUT2D eigenvalue weighted by Crippen LogP contribution is -2.05. The Kier molecular flexibility index (Phi) is 4.15. The van der Waals surface area contributed by atoms with Gasteiger partial charge in [0.25, 0.3) is 0 Å². The normalized spacial score (nSPS) is 11.5. The highest BCUT2D eigenvalue weighted by molar-refractivity contribution is 7.14. The zero-order valence-corrected chi connectivity index (χ0v) is 12.9. The Balaban J connectivity index is 1.86. The molecule has 1 heterocycles. The number of nitrogens with zero attached hydrogens (tertiary/aromatic N) is 1. The van der Waals surface area contributed by atoms with Crippen molar-refractivity contribution in [3.63, 3.8) is 0 Å². The Morgan fingerprint density at radius 3 is 2.62 bits per heavy atom. The highest BCUT2D eigenvalue weighted by Crippen LogP contribution is 2.33. The minimum Gasteiger partial charge on any atom is -0.399 e. The monoisotopic (exact) mass is 353 g/mol. The molecule has 3 rings (SSSR count). The third-order valence-corrected chi connectivity index (χ3v) is 3.97. The van der Waals surface area contributed by atoms with Gasteiger partial charge in [-0.2, -0.15) is 13.2 Å². The van der Waals surface area contributed by atoms with Crippen LogP contribution in [0, 0.1) is 5.82 Å². The van der Waals surface area contributed by atoms with E-state index >= 15 is 0 Å². The highest BCUT2D eigenvalue weighted by Gasteiger charge is 2.30. The largest absolute Gasteiger partial charge is 0.416 e. The van der Waals surface area contributed by atoms with Crippen molar-refractivity contribution in [2.45, 2.75) is 6.18 Å². The van der Waals surface area contributed by atoms with E-state index in [1.165, 1.54) is 30.3 Å². The average molecular weight is 353 g/mol. The molecule has 3 aromatic rings. The van der Waals surface area contributed by atoms with Crippen LogP contribution in [0.5, 0.6) is 0 Å². The van der Waals surface area contributed by atoms with Crippen molar-refractivity contribution < 1.29 is 17.6 Å². The molecular weight excluding hydrogens is 342 g/mol.